The van der Waals surface area contributed by atoms with Crippen molar-refractivity contribution in [1.82, 2.24) is 10.2 Å². The van der Waals surface area contributed by atoms with E-state index in [1.165, 1.54) is 0 Å². The first-order chi connectivity index (χ1) is 9.65. The minimum Gasteiger partial charge on any atom is -0.380 e. The molecule has 1 saturated heterocycles. The van der Waals surface area contributed by atoms with Gasteiger partial charge in [-0.2, -0.15) is 0 Å². The lowest BCUT2D eigenvalue weighted by Crippen LogP contribution is -2.71. The molecule has 1 aliphatic carbocycles. The molecule has 1 spiro atoms. The summed E-state index contributed by atoms with van der Waals surface area (Å²) in [7, 11) is 0. The minimum atomic E-state index is -0.613. The molecule has 0 aromatic rings. The molecule has 114 valence electrons. The molecule has 1 saturated carbocycles. The maximum atomic E-state index is 12.6. The first-order valence-electron chi connectivity index (χ1n) is 7.86. The predicted molar refractivity (Wildman–Crippen MR) is 76.2 cm³/mol. The summed E-state index contributed by atoms with van der Waals surface area (Å²) in [6.45, 7) is 5.54. The molecule has 0 aromatic heterocycles. The van der Waals surface area contributed by atoms with Crippen LogP contribution in [0.1, 0.15) is 52.4 Å². The molecule has 2 amide bonds. The molecule has 1 atom stereocenters. The number of ether oxygens (including phenoxy) is 1. The molecule has 5 heteroatoms. The maximum Gasteiger partial charge on any atom is 0.246 e. The molecule has 1 aliphatic heterocycles. The van der Waals surface area contributed by atoms with Crippen LogP contribution >= 0.6 is 0 Å². The Morgan fingerprint density at radius 1 is 1.25 bits per heavy atom. The number of hydrogen-bond acceptors (Lipinski definition) is 3. The summed E-state index contributed by atoms with van der Waals surface area (Å²) in [4.78, 5) is 27.0. The van der Waals surface area contributed by atoms with Gasteiger partial charge in [0.05, 0.1) is 6.61 Å². The molecule has 0 aromatic carbocycles. The smallest absolute Gasteiger partial charge is 0.246 e. The van der Waals surface area contributed by atoms with E-state index in [-0.39, 0.29) is 17.9 Å². The highest BCUT2D eigenvalue weighted by Crippen LogP contribution is 2.36. The van der Waals surface area contributed by atoms with Crippen molar-refractivity contribution < 1.29 is 14.3 Å². The van der Waals surface area contributed by atoms with Crippen molar-refractivity contribution in [3.8, 4) is 0 Å². The van der Waals surface area contributed by atoms with Gasteiger partial charge in [-0.15, -0.1) is 0 Å². The molecule has 1 N–H and O–H groups in total. The van der Waals surface area contributed by atoms with Crippen molar-refractivity contribution >= 4 is 11.8 Å². The highest BCUT2D eigenvalue weighted by Gasteiger charge is 2.51. The van der Waals surface area contributed by atoms with E-state index >= 15 is 0 Å². The number of amides is 2. The van der Waals surface area contributed by atoms with E-state index in [9.17, 15) is 9.59 Å². The maximum absolute atomic E-state index is 12.6. The molecule has 1 heterocycles. The zero-order valence-electron chi connectivity index (χ0n) is 12.6. The summed E-state index contributed by atoms with van der Waals surface area (Å²) in [5, 5.41) is 2.93. The average molecular weight is 282 g/mol. The quantitative estimate of drug-likeness (QED) is 0.777. The molecule has 1 unspecified atom stereocenters. The Morgan fingerprint density at radius 2 is 1.95 bits per heavy atom. The van der Waals surface area contributed by atoms with Crippen LogP contribution in [0.2, 0.25) is 0 Å². The van der Waals surface area contributed by atoms with Crippen molar-refractivity contribution in [2.75, 3.05) is 19.8 Å². The van der Waals surface area contributed by atoms with Crippen LogP contribution in [0.15, 0.2) is 0 Å². The van der Waals surface area contributed by atoms with E-state index in [0.717, 1.165) is 32.1 Å². The number of carbonyl (C=O) groups excluding carboxylic acids is 2. The SMILES string of the molecule is CCOCCN1C(=O)C(CC)NC(=O)C12CCCCC2. The van der Waals surface area contributed by atoms with Gasteiger partial charge in [0.2, 0.25) is 11.8 Å². The fourth-order valence-corrected chi connectivity index (χ4v) is 3.41. The van der Waals surface area contributed by atoms with Crippen LogP contribution in [0.25, 0.3) is 0 Å². The molecule has 0 bridgehead atoms. The van der Waals surface area contributed by atoms with Crippen LogP contribution in [-0.2, 0) is 14.3 Å². The molecule has 20 heavy (non-hydrogen) atoms. The standard InChI is InChI=1S/C15H26N2O3/c1-3-12-13(18)17(10-11-20-4-2)15(14(19)16-12)8-6-5-7-9-15/h12H,3-11H2,1-2H3,(H,16,19). The highest BCUT2D eigenvalue weighted by molar-refractivity contribution is 5.99. The molecule has 2 fully saturated rings. The third-order valence-electron chi connectivity index (χ3n) is 4.56. The van der Waals surface area contributed by atoms with E-state index in [1.807, 2.05) is 18.7 Å². The Bertz CT molecular complexity index is 364. The monoisotopic (exact) mass is 282 g/mol. The van der Waals surface area contributed by atoms with Gasteiger partial charge in [-0.1, -0.05) is 26.2 Å². The molecular formula is C15H26N2O3. The van der Waals surface area contributed by atoms with Crippen LogP contribution < -0.4 is 5.32 Å². The fourth-order valence-electron chi connectivity index (χ4n) is 3.41. The lowest BCUT2D eigenvalue weighted by Gasteiger charge is -2.50. The Kier molecular flexibility index (Phi) is 5.02. The normalized spacial score (nSPS) is 25.9. The van der Waals surface area contributed by atoms with Crippen molar-refractivity contribution in [1.29, 1.82) is 0 Å². The van der Waals surface area contributed by atoms with E-state index < -0.39 is 5.54 Å². The summed E-state index contributed by atoms with van der Waals surface area (Å²) in [5.74, 6) is 0.105. The van der Waals surface area contributed by atoms with Crippen LogP contribution in [0.5, 0.6) is 0 Å². The largest absolute Gasteiger partial charge is 0.380 e. The summed E-state index contributed by atoms with van der Waals surface area (Å²) in [5.41, 5.74) is -0.613. The van der Waals surface area contributed by atoms with E-state index in [4.69, 9.17) is 4.74 Å². The van der Waals surface area contributed by atoms with Gasteiger partial charge in [0.1, 0.15) is 11.6 Å². The van der Waals surface area contributed by atoms with Gasteiger partial charge in [-0.25, -0.2) is 0 Å². The van der Waals surface area contributed by atoms with Crippen LogP contribution in [0.3, 0.4) is 0 Å². The Balaban J connectivity index is 2.20. The number of rotatable bonds is 5. The third kappa shape index (κ3) is 2.68. The van der Waals surface area contributed by atoms with E-state index in [1.54, 1.807) is 0 Å². The summed E-state index contributed by atoms with van der Waals surface area (Å²) >= 11 is 0. The third-order valence-corrected chi connectivity index (χ3v) is 4.56. The summed E-state index contributed by atoms with van der Waals surface area (Å²) in [6.07, 6.45) is 5.40. The van der Waals surface area contributed by atoms with Crippen LogP contribution in [0, 0.1) is 0 Å². The topological polar surface area (TPSA) is 58.6 Å². The van der Waals surface area contributed by atoms with E-state index in [0.29, 0.717) is 26.2 Å². The zero-order chi connectivity index (χ0) is 14.6. The lowest BCUT2D eigenvalue weighted by molar-refractivity contribution is -0.161. The average Bonchev–Trinajstić information content (AvgIpc) is 2.48. The zero-order valence-corrected chi connectivity index (χ0v) is 12.6. The van der Waals surface area contributed by atoms with Gasteiger partial charge in [0, 0.05) is 13.2 Å². The number of hydrogen-bond donors (Lipinski definition) is 1. The van der Waals surface area contributed by atoms with Gasteiger partial charge in [0.25, 0.3) is 0 Å². The van der Waals surface area contributed by atoms with Crippen molar-refractivity contribution in [2.24, 2.45) is 0 Å². The van der Waals surface area contributed by atoms with Gasteiger partial charge >= 0.3 is 0 Å². The number of nitrogens with one attached hydrogen (secondary N) is 1. The summed E-state index contributed by atoms with van der Waals surface area (Å²) < 4.78 is 5.40. The first kappa shape index (κ1) is 15.3. The Hall–Kier alpha value is -1.10. The van der Waals surface area contributed by atoms with Gasteiger partial charge < -0.3 is 15.0 Å². The highest BCUT2D eigenvalue weighted by atomic mass is 16.5. The number of carbonyl (C=O) groups is 2. The summed E-state index contributed by atoms with van der Waals surface area (Å²) in [6, 6.07) is -0.364. The Morgan fingerprint density at radius 3 is 2.55 bits per heavy atom. The fraction of sp³-hybridized carbons (Fsp3) is 0.867. The van der Waals surface area contributed by atoms with Crippen LogP contribution in [0.4, 0.5) is 0 Å². The number of piperazine rings is 1. The predicted octanol–water partition coefficient (Wildman–Crippen LogP) is 1.46. The second kappa shape index (κ2) is 6.57. The van der Waals surface area contributed by atoms with Crippen LogP contribution in [-0.4, -0.2) is 48.1 Å². The number of nitrogens with zero attached hydrogens (tertiary/aromatic N) is 1. The van der Waals surface area contributed by atoms with E-state index in [2.05, 4.69) is 5.32 Å². The van der Waals surface area contributed by atoms with Gasteiger partial charge in [0.15, 0.2) is 0 Å². The minimum absolute atomic E-state index is 0.0418. The second-order valence-corrected chi connectivity index (χ2v) is 5.71. The first-order valence-corrected chi connectivity index (χ1v) is 7.86. The lowest BCUT2D eigenvalue weighted by atomic mass is 9.77. The van der Waals surface area contributed by atoms with Crippen molar-refractivity contribution in [2.45, 2.75) is 64.0 Å². The molecule has 2 aliphatic rings. The van der Waals surface area contributed by atoms with Gasteiger partial charge in [-0.3, -0.25) is 9.59 Å². The Labute approximate surface area is 121 Å². The molecule has 5 nitrogen and oxygen atoms in total. The molecular weight excluding hydrogens is 256 g/mol. The van der Waals surface area contributed by atoms with Crippen molar-refractivity contribution in [3.63, 3.8) is 0 Å². The molecule has 2 rings (SSSR count). The van der Waals surface area contributed by atoms with Crippen molar-refractivity contribution in [3.05, 3.63) is 0 Å². The van der Waals surface area contributed by atoms with Gasteiger partial charge in [-0.05, 0) is 26.2 Å². The second-order valence-electron chi connectivity index (χ2n) is 5.71. The molecule has 0 radical (unpaired) electrons.